The van der Waals surface area contributed by atoms with Crippen molar-refractivity contribution in [2.24, 2.45) is 0 Å². The summed E-state index contributed by atoms with van der Waals surface area (Å²) in [6.07, 6.45) is 3.09. The van der Waals surface area contributed by atoms with Crippen LogP contribution in [0.1, 0.15) is 40.0 Å². The van der Waals surface area contributed by atoms with Gasteiger partial charge in [-0.2, -0.15) is 15.0 Å². The summed E-state index contributed by atoms with van der Waals surface area (Å²) in [5.41, 5.74) is 0. The molecule has 0 fully saturated rings. The average molecular weight is 273 g/mol. The van der Waals surface area contributed by atoms with Crippen molar-refractivity contribution in [3.8, 4) is 6.01 Å². The molecule has 6 heteroatoms. The second-order valence-electron chi connectivity index (χ2n) is 4.28. The second kappa shape index (κ2) is 7.36. The van der Waals surface area contributed by atoms with Gasteiger partial charge in [0.2, 0.25) is 11.2 Å². The third kappa shape index (κ3) is 4.29. The molecule has 1 unspecified atom stereocenters. The maximum atomic E-state index is 5.89. The molecule has 18 heavy (non-hydrogen) atoms. The highest BCUT2D eigenvalue weighted by Gasteiger charge is 2.14. The van der Waals surface area contributed by atoms with Crippen LogP contribution in [0.3, 0.4) is 0 Å². The Morgan fingerprint density at radius 1 is 1.22 bits per heavy atom. The van der Waals surface area contributed by atoms with E-state index < -0.39 is 0 Å². The topological polar surface area (TPSA) is 51.1 Å². The van der Waals surface area contributed by atoms with Gasteiger partial charge in [-0.1, -0.05) is 20.3 Å². The van der Waals surface area contributed by atoms with Gasteiger partial charge >= 0.3 is 6.01 Å². The molecule has 5 nitrogen and oxygen atoms in total. The van der Waals surface area contributed by atoms with Crippen LogP contribution in [0.15, 0.2) is 0 Å². The number of ether oxygens (including phenoxy) is 1. The van der Waals surface area contributed by atoms with Crippen LogP contribution in [0, 0.1) is 0 Å². The van der Waals surface area contributed by atoms with Gasteiger partial charge in [-0.15, -0.1) is 0 Å². The van der Waals surface area contributed by atoms with Crippen molar-refractivity contribution in [1.29, 1.82) is 0 Å². The van der Waals surface area contributed by atoms with Crippen LogP contribution in [0.4, 0.5) is 5.95 Å². The Hall–Kier alpha value is -1.10. The zero-order chi connectivity index (χ0) is 13.5. The number of rotatable bonds is 7. The molecule has 1 atom stereocenters. The van der Waals surface area contributed by atoms with Gasteiger partial charge in [0.05, 0.1) is 6.61 Å². The molecule has 0 aliphatic heterocycles. The highest BCUT2D eigenvalue weighted by atomic mass is 35.5. The number of nitrogens with zero attached hydrogens (tertiary/aromatic N) is 4. The molecule has 1 aromatic rings. The Kier molecular flexibility index (Phi) is 6.12. The molecule has 0 amide bonds. The third-order valence-corrected chi connectivity index (χ3v) is 2.86. The van der Waals surface area contributed by atoms with E-state index in [1.165, 1.54) is 0 Å². The fourth-order valence-electron chi connectivity index (χ4n) is 1.55. The van der Waals surface area contributed by atoms with E-state index in [4.69, 9.17) is 16.3 Å². The van der Waals surface area contributed by atoms with Gasteiger partial charge in [-0.25, -0.2) is 0 Å². The normalized spacial score (nSPS) is 12.3. The lowest BCUT2D eigenvalue weighted by Crippen LogP contribution is -2.30. The fraction of sp³-hybridized carbons (Fsp3) is 0.750. The van der Waals surface area contributed by atoms with E-state index in [1.54, 1.807) is 0 Å². The molecule has 0 radical (unpaired) electrons. The summed E-state index contributed by atoms with van der Waals surface area (Å²) in [6.45, 7) is 6.89. The van der Waals surface area contributed by atoms with Crippen LogP contribution >= 0.6 is 11.6 Å². The predicted octanol–water partition coefficient (Wildman–Crippen LogP) is 2.94. The first kappa shape index (κ1) is 15.0. The number of anilines is 1. The van der Waals surface area contributed by atoms with Crippen LogP contribution in [0.25, 0.3) is 0 Å². The Morgan fingerprint density at radius 3 is 2.56 bits per heavy atom. The van der Waals surface area contributed by atoms with E-state index >= 15 is 0 Å². The molecule has 0 saturated heterocycles. The number of hydrogen-bond donors (Lipinski definition) is 0. The highest BCUT2D eigenvalue weighted by molar-refractivity contribution is 6.28. The average Bonchev–Trinajstić information content (AvgIpc) is 2.35. The molecular weight excluding hydrogens is 252 g/mol. The van der Waals surface area contributed by atoms with Crippen LogP contribution in [-0.4, -0.2) is 34.6 Å². The first-order chi connectivity index (χ1) is 8.58. The summed E-state index contributed by atoms with van der Waals surface area (Å²) in [5, 5.41) is 0.168. The van der Waals surface area contributed by atoms with Crippen molar-refractivity contribution in [2.75, 3.05) is 18.6 Å². The zero-order valence-electron chi connectivity index (χ0n) is 11.5. The summed E-state index contributed by atoms with van der Waals surface area (Å²) < 4.78 is 5.39. The summed E-state index contributed by atoms with van der Waals surface area (Å²) in [4.78, 5) is 14.4. The second-order valence-corrected chi connectivity index (χ2v) is 4.62. The van der Waals surface area contributed by atoms with Gasteiger partial charge in [-0.3, -0.25) is 0 Å². The number of aromatic nitrogens is 3. The van der Waals surface area contributed by atoms with Gasteiger partial charge < -0.3 is 9.64 Å². The highest BCUT2D eigenvalue weighted by Crippen LogP contribution is 2.17. The molecule has 0 aliphatic rings. The SMILES string of the molecule is CCCOc1nc(Cl)nc(N(C)C(C)CCC)n1. The molecule has 1 rings (SSSR count). The number of halogens is 1. The van der Waals surface area contributed by atoms with Crippen molar-refractivity contribution < 1.29 is 4.74 Å². The van der Waals surface area contributed by atoms with Crippen LogP contribution in [-0.2, 0) is 0 Å². The quantitative estimate of drug-likeness (QED) is 0.764. The van der Waals surface area contributed by atoms with E-state index in [2.05, 4.69) is 28.8 Å². The Labute approximate surface area is 114 Å². The van der Waals surface area contributed by atoms with E-state index in [-0.39, 0.29) is 5.28 Å². The maximum absolute atomic E-state index is 5.89. The van der Waals surface area contributed by atoms with Crippen molar-refractivity contribution in [2.45, 2.75) is 46.1 Å². The molecule has 0 N–H and O–H groups in total. The molecule has 1 aromatic heterocycles. The van der Waals surface area contributed by atoms with E-state index in [0.717, 1.165) is 19.3 Å². The molecule has 102 valence electrons. The molecule has 1 heterocycles. The minimum atomic E-state index is 0.168. The standard InChI is InChI=1S/C12H21ClN4O/c1-5-7-9(3)17(4)11-14-10(13)15-12(16-11)18-8-6-2/h9H,5-8H2,1-4H3. The first-order valence-corrected chi connectivity index (χ1v) is 6.73. The van der Waals surface area contributed by atoms with Crippen LogP contribution in [0.2, 0.25) is 5.28 Å². The first-order valence-electron chi connectivity index (χ1n) is 6.35. The van der Waals surface area contributed by atoms with E-state index in [1.807, 2.05) is 18.9 Å². The Balaban J connectivity index is 2.84. The summed E-state index contributed by atoms with van der Waals surface area (Å²) in [6, 6.07) is 0.648. The van der Waals surface area contributed by atoms with Gasteiger partial charge in [-0.05, 0) is 31.4 Å². The molecule has 0 aliphatic carbocycles. The Morgan fingerprint density at radius 2 is 1.94 bits per heavy atom. The van der Waals surface area contributed by atoms with Crippen LogP contribution in [0.5, 0.6) is 6.01 Å². The molecule has 0 aromatic carbocycles. The largest absolute Gasteiger partial charge is 0.463 e. The lowest BCUT2D eigenvalue weighted by atomic mass is 10.2. The molecule has 0 spiro atoms. The maximum Gasteiger partial charge on any atom is 0.322 e. The van der Waals surface area contributed by atoms with Gasteiger partial charge in [0, 0.05) is 13.1 Å². The monoisotopic (exact) mass is 272 g/mol. The summed E-state index contributed by atoms with van der Waals surface area (Å²) >= 11 is 5.89. The molecular formula is C12H21ClN4O. The van der Waals surface area contributed by atoms with Crippen molar-refractivity contribution in [1.82, 2.24) is 15.0 Å². The fourth-order valence-corrected chi connectivity index (χ4v) is 1.69. The van der Waals surface area contributed by atoms with Gasteiger partial charge in [0.1, 0.15) is 0 Å². The Bertz CT molecular complexity index is 375. The smallest absolute Gasteiger partial charge is 0.322 e. The summed E-state index contributed by atoms with van der Waals surface area (Å²) in [5.74, 6) is 0.557. The van der Waals surface area contributed by atoms with E-state index in [0.29, 0.717) is 24.6 Å². The summed E-state index contributed by atoms with van der Waals surface area (Å²) in [7, 11) is 1.95. The van der Waals surface area contributed by atoms with Crippen LogP contribution < -0.4 is 9.64 Å². The minimum absolute atomic E-state index is 0.168. The number of hydrogen-bond acceptors (Lipinski definition) is 5. The lowest BCUT2D eigenvalue weighted by molar-refractivity contribution is 0.291. The molecule has 0 saturated carbocycles. The molecule has 0 bridgehead atoms. The third-order valence-electron chi connectivity index (χ3n) is 2.69. The van der Waals surface area contributed by atoms with Gasteiger partial charge in [0.15, 0.2) is 0 Å². The van der Waals surface area contributed by atoms with Crippen molar-refractivity contribution in [3.63, 3.8) is 0 Å². The lowest BCUT2D eigenvalue weighted by Gasteiger charge is -2.24. The minimum Gasteiger partial charge on any atom is -0.463 e. The van der Waals surface area contributed by atoms with Crippen molar-refractivity contribution >= 4 is 17.5 Å². The van der Waals surface area contributed by atoms with Gasteiger partial charge in [0.25, 0.3) is 0 Å². The zero-order valence-corrected chi connectivity index (χ0v) is 12.2. The van der Waals surface area contributed by atoms with Crippen molar-refractivity contribution in [3.05, 3.63) is 5.28 Å². The predicted molar refractivity (Wildman–Crippen MR) is 73.4 cm³/mol. The van der Waals surface area contributed by atoms with E-state index in [9.17, 15) is 0 Å².